The third-order valence-corrected chi connectivity index (χ3v) is 13.1. The minimum atomic E-state index is -2.96. The Kier molecular flexibility index (Phi) is 10.9. The highest BCUT2D eigenvalue weighted by molar-refractivity contribution is 6.71. The Hall–Kier alpha value is -4.18. The van der Waals surface area contributed by atoms with Gasteiger partial charge in [-0.25, -0.2) is 0 Å². The predicted molar refractivity (Wildman–Crippen MR) is 198 cm³/mol. The van der Waals surface area contributed by atoms with E-state index in [4.69, 9.17) is 9.47 Å². The van der Waals surface area contributed by atoms with Crippen LogP contribution in [0.5, 0.6) is 5.75 Å². The molecule has 1 fully saturated rings. The van der Waals surface area contributed by atoms with Crippen LogP contribution in [-0.2, 0) is 32.9 Å². The first-order valence-electron chi connectivity index (χ1n) is 18.0. The molecule has 1 spiro atoms. The van der Waals surface area contributed by atoms with Gasteiger partial charge in [-0.3, -0.25) is 24.6 Å². The maximum Gasteiger partial charge on any atom is 0.269 e. The van der Waals surface area contributed by atoms with E-state index in [9.17, 15) is 34.7 Å². The van der Waals surface area contributed by atoms with Crippen LogP contribution in [0.1, 0.15) is 49.8 Å². The van der Waals surface area contributed by atoms with Crippen molar-refractivity contribution in [3.8, 4) is 5.75 Å². The van der Waals surface area contributed by atoms with Gasteiger partial charge < -0.3 is 34.7 Å². The summed E-state index contributed by atoms with van der Waals surface area (Å²) in [7, 11) is -2.96. The van der Waals surface area contributed by atoms with Crippen LogP contribution in [0, 0.1) is 16.0 Å². The maximum atomic E-state index is 14.8. The number of hydrogen-bond donors (Lipinski definition) is 4. The molecule has 2 amide bonds. The summed E-state index contributed by atoms with van der Waals surface area (Å²) in [5.74, 6) is -0.342. The number of nitro benzene ring substituents is 1. The molecule has 4 N–H and O–H groups in total. The highest BCUT2D eigenvalue weighted by atomic mass is 28.4. The summed E-state index contributed by atoms with van der Waals surface area (Å²) in [5.41, 5.74) is 1.67. The van der Waals surface area contributed by atoms with Crippen molar-refractivity contribution in [3.63, 3.8) is 0 Å². The van der Waals surface area contributed by atoms with Gasteiger partial charge in [-0.1, -0.05) is 19.1 Å². The summed E-state index contributed by atoms with van der Waals surface area (Å²) in [5, 5.41) is 34.5. The van der Waals surface area contributed by atoms with Crippen LogP contribution in [0.2, 0.25) is 18.6 Å². The van der Waals surface area contributed by atoms with Gasteiger partial charge in [0.2, 0.25) is 5.91 Å². The molecule has 0 aromatic heterocycles. The first kappa shape index (κ1) is 37.6. The number of fused-ring (bicyclic) bond motifs is 3. The number of amides is 2. The molecule has 0 radical (unpaired) electrons. The van der Waals surface area contributed by atoms with Crippen molar-refractivity contribution in [2.45, 2.75) is 82.5 Å². The zero-order valence-corrected chi connectivity index (χ0v) is 31.1. The lowest BCUT2D eigenvalue weighted by molar-refractivity contribution is -0.385. The molecular weight excluding hydrogens is 685 g/mol. The first-order valence-corrected chi connectivity index (χ1v) is 21.0. The molecule has 1 unspecified atom stereocenters. The number of nitrogens with one attached hydrogen (secondary N) is 1. The Morgan fingerprint density at radius 3 is 2.52 bits per heavy atom. The molecule has 13 nitrogen and oxygen atoms in total. The molecule has 3 aliphatic heterocycles. The molecule has 3 aliphatic rings. The van der Waals surface area contributed by atoms with Crippen molar-refractivity contribution in [1.82, 2.24) is 5.32 Å². The SMILES string of the molecule is CCOc1ccc2c(c1)CC(NCCCCO)C(=O)N2c1cccc(CN2C(=O)[C@]3(O[C@H](CCO)[C@@H]([Si](C)(C)O)[C@@H]3C)c3cc([N+](=O)[O-])ccc32)c1. The summed E-state index contributed by atoms with van der Waals surface area (Å²) in [6.45, 7) is 8.37. The van der Waals surface area contributed by atoms with E-state index in [0.717, 1.165) is 23.2 Å². The number of hydrogen-bond acceptors (Lipinski definition) is 10. The van der Waals surface area contributed by atoms with Crippen LogP contribution in [0.15, 0.2) is 60.7 Å². The molecule has 3 heterocycles. The van der Waals surface area contributed by atoms with Crippen LogP contribution in [0.25, 0.3) is 0 Å². The molecule has 3 aromatic rings. The number of rotatable bonds is 14. The van der Waals surface area contributed by atoms with Gasteiger partial charge in [0.05, 0.1) is 41.6 Å². The summed E-state index contributed by atoms with van der Waals surface area (Å²) in [6, 6.07) is 16.9. The number of carbonyl (C=O) groups excluding carboxylic acids is 2. The molecule has 0 aliphatic carbocycles. The first-order chi connectivity index (χ1) is 24.8. The van der Waals surface area contributed by atoms with E-state index < -0.39 is 42.4 Å². The van der Waals surface area contributed by atoms with Crippen molar-refractivity contribution in [2.24, 2.45) is 5.92 Å². The average Bonchev–Trinajstić information content (AvgIpc) is 3.53. The molecule has 0 bridgehead atoms. The van der Waals surface area contributed by atoms with Gasteiger partial charge in [0.25, 0.3) is 11.6 Å². The van der Waals surface area contributed by atoms with Gasteiger partial charge in [0, 0.05) is 48.1 Å². The fourth-order valence-electron chi connectivity index (χ4n) is 8.43. The number of ether oxygens (including phenoxy) is 2. The van der Waals surface area contributed by atoms with Gasteiger partial charge in [-0.05, 0) is 99.8 Å². The third kappa shape index (κ3) is 6.74. The van der Waals surface area contributed by atoms with Crippen molar-refractivity contribution >= 4 is 42.9 Å². The summed E-state index contributed by atoms with van der Waals surface area (Å²) < 4.78 is 12.4. The average molecular weight is 733 g/mol. The van der Waals surface area contributed by atoms with Crippen molar-refractivity contribution in [2.75, 3.05) is 36.2 Å². The second kappa shape index (κ2) is 15.0. The van der Waals surface area contributed by atoms with E-state index in [0.29, 0.717) is 48.7 Å². The lowest BCUT2D eigenvalue weighted by Crippen LogP contribution is -2.49. The molecule has 1 saturated heterocycles. The smallest absolute Gasteiger partial charge is 0.269 e. The minimum Gasteiger partial charge on any atom is -0.494 e. The largest absolute Gasteiger partial charge is 0.494 e. The fourth-order valence-corrected chi connectivity index (χ4v) is 11.0. The van der Waals surface area contributed by atoms with E-state index in [-0.39, 0.29) is 43.7 Å². The summed E-state index contributed by atoms with van der Waals surface area (Å²) >= 11 is 0. The number of aliphatic hydroxyl groups excluding tert-OH is 2. The van der Waals surface area contributed by atoms with E-state index in [1.807, 2.05) is 56.3 Å². The number of nitro groups is 1. The summed E-state index contributed by atoms with van der Waals surface area (Å²) in [4.78, 5) is 55.0. The maximum absolute atomic E-state index is 14.8. The molecule has 3 aromatic carbocycles. The van der Waals surface area contributed by atoms with E-state index in [2.05, 4.69) is 5.32 Å². The van der Waals surface area contributed by atoms with Crippen molar-refractivity contribution in [3.05, 3.63) is 87.5 Å². The fraction of sp³-hybridized carbons (Fsp3) is 0.474. The number of aliphatic hydroxyl groups is 2. The number of nitrogens with zero attached hydrogens (tertiary/aromatic N) is 3. The van der Waals surface area contributed by atoms with Crippen molar-refractivity contribution < 1.29 is 39.0 Å². The summed E-state index contributed by atoms with van der Waals surface area (Å²) in [6.07, 6.45) is 1.41. The standard InChI is InChI=1S/C38H48N4O9Si/c1-5-50-29-12-14-32-26(20-29)21-31(39-16-6-7-17-43)36(45)41(32)27-10-8-9-25(19-27)23-40-33-13-11-28(42(47)48)22-30(33)38(37(40)46)24(2)35(52(3,4)49)34(51-38)15-18-44/h8-14,19-20,22,24,31,34-35,39,43-44,49H,5-7,15-18,21,23H2,1-4H3/t24-,31?,34+,35-,38+/m0/s1. The van der Waals surface area contributed by atoms with Crippen LogP contribution in [0.3, 0.4) is 0 Å². The van der Waals surface area contributed by atoms with Gasteiger partial charge in [-0.2, -0.15) is 0 Å². The second-order valence-corrected chi connectivity index (χ2v) is 18.4. The Labute approximate surface area is 304 Å². The van der Waals surface area contributed by atoms with Gasteiger partial charge in [0.15, 0.2) is 13.9 Å². The number of unbranched alkanes of at least 4 members (excludes halogenated alkanes) is 1. The van der Waals surface area contributed by atoms with E-state index >= 15 is 0 Å². The van der Waals surface area contributed by atoms with Crippen LogP contribution < -0.4 is 19.9 Å². The highest BCUT2D eigenvalue weighted by Gasteiger charge is 2.66. The Bertz CT molecular complexity index is 1830. The van der Waals surface area contributed by atoms with Crippen LogP contribution in [-0.4, -0.2) is 78.6 Å². The van der Waals surface area contributed by atoms with Gasteiger partial charge >= 0.3 is 0 Å². The van der Waals surface area contributed by atoms with E-state index in [1.165, 1.54) is 12.1 Å². The van der Waals surface area contributed by atoms with Crippen molar-refractivity contribution in [1.29, 1.82) is 0 Å². The lowest BCUT2D eigenvalue weighted by Gasteiger charge is -2.35. The third-order valence-electron chi connectivity index (χ3n) is 10.6. The van der Waals surface area contributed by atoms with Crippen LogP contribution in [0.4, 0.5) is 22.7 Å². The minimum absolute atomic E-state index is 0.0811. The number of non-ortho nitro benzene ring substituents is 1. The number of anilines is 3. The molecule has 0 saturated carbocycles. The predicted octanol–water partition coefficient (Wildman–Crippen LogP) is 4.67. The topological polar surface area (TPSA) is 175 Å². The molecule has 14 heteroatoms. The zero-order valence-electron chi connectivity index (χ0n) is 30.1. The lowest BCUT2D eigenvalue weighted by atomic mass is 9.82. The number of benzene rings is 3. The zero-order chi connectivity index (χ0) is 37.4. The molecule has 278 valence electrons. The Balaban J connectivity index is 1.38. The van der Waals surface area contributed by atoms with Gasteiger partial charge in [-0.15, -0.1) is 0 Å². The molecule has 5 atom stereocenters. The molecule has 52 heavy (non-hydrogen) atoms. The normalized spacial score (nSPS) is 24.1. The second-order valence-electron chi connectivity index (χ2n) is 14.4. The molecular formula is C38H48N4O9Si. The number of carbonyl (C=O) groups is 2. The molecule has 6 rings (SSSR count). The Morgan fingerprint density at radius 2 is 1.83 bits per heavy atom. The monoisotopic (exact) mass is 732 g/mol. The quantitative estimate of drug-likeness (QED) is 0.0789. The van der Waals surface area contributed by atoms with Gasteiger partial charge in [0.1, 0.15) is 5.75 Å². The van der Waals surface area contributed by atoms with Crippen LogP contribution >= 0.6 is 0 Å². The Morgan fingerprint density at radius 1 is 1.06 bits per heavy atom. The highest BCUT2D eigenvalue weighted by Crippen LogP contribution is 2.60. The van der Waals surface area contributed by atoms with E-state index in [1.54, 1.807) is 29.0 Å².